The highest BCUT2D eigenvalue weighted by Crippen LogP contribution is 2.32. The summed E-state index contributed by atoms with van der Waals surface area (Å²) in [6.07, 6.45) is 2.28. The van der Waals surface area contributed by atoms with Crippen molar-refractivity contribution in [3.8, 4) is 6.07 Å². The molecule has 2 atom stereocenters. The fraction of sp³-hybridized carbons (Fsp3) is 0.412. The fourth-order valence-electron chi connectivity index (χ4n) is 3.32. The lowest BCUT2D eigenvalue weighted by atomic mass is 10.1. The third kappa shape index (κ3) is 3.18. The number of nitriles is 1. The summed E-state index contributed by atoms with van der Waals surface area (Å²) in [5.41, 5.74) is 7.16. The van der Waals surface area contributed by atoms with Crippen LogP contribution in [0.3, 0.4) is 0 Å². The molecule has 2 aromatic heterocycles. The molecule has 1 fully saturated rings. The molecular formula is C17H20N3O2S2+. The summed E-state index contributed by atoms with van der Waals surface area (Å²) in [7, 11) is 0. The SMILES string of the molecule is CCOC(=O)c1sc(N)c(C#N)c1C[NH+]1CCC[C@H]1c1cccs1. The molecule has 5 nitrogen and oxygen atoms in total. The van der Waals surface area contributed by atoms with Crippen molar-refractivity contribution in [2.45, 2.75) is 32.4 Å². The van der Waals surface area contributed by atoms with E-state index in [1.54, 1.807) is 18.3 Å². The van der Waals surface area contributed by atoms with E-state index in [0.29, 0.717) is 34.6 Å². The summed E-state index contributed by atoms with van der Waals surface area (Å²) >= 11 is 2.93. The zero-order chi connectivity index (χ0) is 17.1. The van der Waals surface area contributed by atoms with Gasteiger partial charge in [0.1, 0.15) is 28.5 Å². The van der Waals surface area contributed by atoms with E-state index in [0.717, 1.165) is 24.9 Å². The molecule has 3 heterocycles. The van der Waals surface area contributed by atoms with Crippen molar-refractivity contribution >= 4 is 33.6 Å². The molecule has 2 aromatic rings. The zero-order valence-electron chi connectivity index (χ0n) is 13.5. The highest BCUT2D eigenvalue weighted by Gasteiger charge is 2.34. The van der Waals surface area contributed by atoms with E-state index in [1.165, 1.54) is 21.1 Å². The number of likely N-dealkylation sites (tertiary alicyclic amines) is 1. The summed E-state index contributed by atoms with van der Waals surface area (Å²) in [4.78, 5) is 15.5. The lowest BCUT2D eigenvalue weighted by molar-refractivity contribution is -0.931. The normalized spacial score (nSPS) is 20.0. The van der Waals surface area contributed by atoms with E-state index < -0.39 is 0 Å². The molecule has 1 unspecified atom stereocenters. The maximum absolute atomic E-state index is 12.2. The molecule has 3 N–H and O–H groups in total. The molecule has 24 heavy (non-hydrogen) atoms. The van der Waals surface area contributed by atoms with Crippen LogP contribution in [0.2, 0.25) is 0 Å². The Balaban J connectivity index is 1.91. The largest absolute Gasteiger partial charge is 0.462 e. The number of hydrogen-bond acceptors (Lipinski definition) is 6. The summed E-state index contributed by atoms with van der Waals surface area (Å²) in [6.45, 7) is 3.75. The maximum atomic E-state index is 12.2. The Morgan fingerprint density at radius 2 is 2.42 bits per heavy atom. The number of carbonyl (C=O) groups is 1. The predicted molar refractivity (Wildman–Crippen MR) is 95.2 cm³/mol. The number of thiophene rings is 2. The van der Waals surface area contributed by atoms with Gasteiger partial charge in [0.25, 0.3) is 0 Å². The Kier molecular flexibility index (Phi) is 5.19. The third-order valence-electron chi connectivity index (χ3n) is 4.38. The van der Waals surface area contributed by atoms with Crippen LogP contribution in [-0.2, 0) is 11.3 Å². The number of carbonyl (C=O) groups excluding carboxylic acids is 1. The Morgan fingerprint density at radius 1 is 1.58 bits per heavy atom. The zero-order valence-corrected chi connectivity index (χ0v) is 15.1. The fourth-order valence-corrected chi connectivity index (χ4v) is 5.17. The van der Waals surface area contributed by atoms with Gasteiger partial charge in [-0.2, -0.15) is 5.26 Å². The van der Waals surface area contributed by atoms with Crippen LogP contribution in [0, 0.1) is 11.3 Å². The van der Waals surface area contributed by atoms with Crippen LogP contribution in [0.4, 0.5) is 5.00 Å². The number of hydrogen-bond donors (Lipinski definition) is 2. The van der Waals surface area contributed by atoms with E-state index in [-0.39, 0.29) is 5.97 Å². The smallest absolute Gasteiger partial charge is 0.348 e. The average molecular weight is 363 g/mol. The first-order valence-electron chi connectivity index (χ1n) is 8.02. The van der Waals surface area contributed by atoms with Crippen LogP contribution >= 0.6 is 22.7 Å². The van der Waals surface area contributed by atoms with Crippen LogP contribution in [0.5, 0.6) is 0 Å². The number of quaternary nitrogens is 1. The van der Waals surface area contributed by atoms with Crippen molar-refractivity contribution in [1.29, 1.82) is 5.26 Å². The van der Waals surface area contributed by atoms with Gasteiger partial charge in [-0.05, 0) is 18.4 Å². The van der Waals surface area contributed by atoms with Gasteiger partial charge in [-0.3, -0.25) is 0 Å². The molecule has 0 bridgehead atoms. The van der Waals surface area contributed by atoms with E-state index >= 15 is 0 Å². The molecule has 1 aliphatic rings. The van der Waals surface area contributed by atoms with E-state index in [2.05, 4.69) is 23.6 Å². The minimum absolute atomic E-state index is 0.312. The molecule has 126 valence electrons. The number of nitrogens with zero attached hydrogens (tertiary/aromatic N) is 1. The Hall–Kier alpha value is -1.88. The van der Waals surface area contributed by atoms with Gasteiger partial charge < -0.3 is 15.4 Å². The number of nitrogens with two attached hydrogens (primary N) is 1. The molecule has 1 aliphatic heterocycles. The molecule has 0 saturated carbocycles. The molecule has 0 aliphatic carbocycles. The Morgan fingerprint density at radius 3 is 3.08 bits per heavy atom. The molecule has 7 heteroatoms. The second-order valence-corrected chi connectivity index (χ2v) is 7.81. The van der Waals surface area contributed by atoms with Gasteiger partial charge in [0.15, 0.2) is 0 Å². The number of anilines is 1. The van der Waals surface area contributed by atoms with Crippen molar-refractivity contribution in [2.24, 2.45) is 0 Å². The molecule has 0 amide bonds. The molecule has 0 aromatic carbocycles. The second-order valence-electron chi connectivity index (χ2n) is 5.78. The van der Waals surface area contributed by atoms with Gasteiger partial charge in [-0.15, -0.1) is 22.7 Å². The summed E-state index contributed by atoms with van der Waals surface area (Å²) in [6, 6.07) is 6.83. The highest BCUT2D eigenvalue weighted by molar-refractivity contribution is 7.18. The van der Waals surface area contributed by atoms with E-state index in [4.69, 9.17) is 10.5 Å². The van der Waals surface area contributed by atoms with Crippen molar-refractivity contribution in [2.75, 3.05) is 18.9 Å². The second kappa shape index (κ2) is 7.34. The van der Waals surface area contributed by atoms with Crippen molar-refractivity contribution in [1.82, 2.24) is 0 Å². The summed E-state index contributed by atoms with van der Waals surface area (Å²) < 4.78 is 5.14. The first kappa shape index (κ1) is 17.0. The monoisotopic (exact) mass is 362 g/mol. The minimum atomic E-state index is -0.378. The van der Waals surface area contributed by atoms with Crippen molar-refractivity contribution in [3.63, 3.8) is 0 Å². The van der Waals surface area contributed by atoms with Crippen LogP contribution in [0.25, 0.3) is 0 Å². The number of nitrogen functional groups attached to an aromatic ring is 1. The van der Waals surface area contributed by atoms with Crippen LogP contribution in [0.1, 0.15) is 51.5 Å². The highest BCUT2D eigenvalue weighted by atomic mass is 32.1. The molecule has 3 rings (SSSR count). The number of rotatable bonds is 5. The first-order valence-corrected chi connectivity index (χ1v) is 9.71. The van der Waals surface area contributed by atoms with Gasteiger partial charge in [0, 0.05) is 12.8 Å². The van der Waals surface area contributed by atoms with Gasteiger partial charge in [-0.1, -0.05) is 6.07 Å². The first-order chi connectivity index (χ1) is 11.7. The van der Waals surface area contributed by atoms with Crippen molar-refractivity contribution in [3.05, 3.63) is 38.4 Å². The van der Waals surface area contributed by atoms with Gasteiger partial charge in [0.05, 0.1) is 29.2 Å². The number of ether oxygens (including phenoxy) is 1. The summed E-state index contributed by atoms with van der Waals surface area (Å²) in [5, 5.41) is 12.0. The Bertz CT molecular complexity index is 762. The van der Waals surface area contributed by atoms with Gasteiger partial charge in [0.2, 0.25) is 0 Å². The quantitative estimate of drug-likeness (QED) is 0.800. The van der Waals surface area contributed by atoms with E-state index in [9.17, 15) is 10.1 Å². The van der Waals surface area contributed by atoms with Crippen LogP contribution in [-0.4, -0.2) is 19.1 Å². The lowest BCUT2D eigenvalue weighted by Gasteiger charge is -2.21. The molecule has 0 spiro atoms. The van der Waals surface area contributed by atoms with Crippen molar-refractivity contribution < 1.29 is 14.4 Å². The molecule has 0 radical (unpaired) electrons. The lowest BCUT2D eigenvalue weighted by Crippen LogP contribution is -3.08. The number of esters is 1. The topological polar surface area (TPSA) is 80.5 Å². The minimum Gasteiger partial charge on any atom is -0.462 e. The predicted octanol–water partition coefficient (Wildman–Crippen LogP) is 2.36. The molecule has 1 saturated heterocycles. The van der Waals surface area contributed by atoms with Gasteiger partial charge in [-0.25, -0.2) is 4.79 Å². The van der Waals surface area contributed by atoms with Crippen LogP contribution < -0.4 is 10.6 Å². The standard InChI is InChI=1S/C17H19N3O2S2/c1-2-22-17(21)15-12(11(9-18)16(19)24-15)10-20-7-3-5-13(20)14-6-4-8-23-14/h4,6,8,13H,2-3,5,7,10,19H2,1H3/p+1/t13-/m0/s1. The van der Waals surface area contributed by atoms with Crippen LogP contribution in [0.15, 0.2) is 17.5 Å². The average Bonchev–Trinajstić information content (AvgIpc) is 3.28. The summed E-state index contributed by atoms with van der Waals surface area (Å²) in [5.74, 6) is -0.378. The number of nitrogens with one attached hydrogen (secondary N) is 1. The third-order valence-corrected chi connectivity index (χ3v) is 6.41. The molecular weight excluding hydrogens is 342 g/mol. The van der Waals surface area contributed by atoms with E-state index in [1.807, 2.05) is 0 Å². The Labute approximate surface area is 149 Å². The maximum Gasteiger partial charge on any atom is 0.348 e. The van der Waals surface area contributed by atoms with Gasteiger partial charge >= 0.3 is 5.97 Å².